The Morgan fingerprint density at radius 3 is 2.50 bits per heavy atom. The zero-order valence-corrected chi connectivity index (χ0v) is 17.8. The largest absolute Gasteiger partial charge is 0.464 e. The van der Waals surface area contributed by atoms with E-state index in [1.165, 1.54) is 21.9 Å². The third-order valence-corrected chi connectivity index (χ3v) is 6.41. The van der Waals surface area contributed by atoms with Gasteiger partial charge in [-0.3, -0.25) is 0 Å². The number of nitrogens with zero attached hydrogens (tertiary/aromatic N) is 2. The smallest absolute Gasteiger partial charge is 0.213 e. The quantitative estimate of drug-likeness (QED) is 0.331. The van der Waals surface area contributed by atoms with Crippen molar-refractivity contribution in [2.24, 2.45) is 5.10 Å². The Hall–Kier alpha value is -3.11. The molecule has 146 valence electrons. The molecule has 0 spiro atoms. The predicted octanol–water partition coefficient (Wildman–Crippen LogP) is 6.84. The molecule has 4 aromatic rings. The molecule has 0 aromatic heterocycles. The van der Waals surface area contributed by atoms with Crippen molar-refractivity contribution in [2.45, 2.75) is 18.7 Å². The maximum absolute atomic E-state index is 6.44. The Morgan fingerprint density at radius 2 is 1.63 bits per heavy atom. The molecule has 0 N–H and O–H groups in total. The molecule has 0 saturated carbocycles. The van der Waals surface area contributed by atoms with Crippen molar-refractivity contribution in [3.63, 3.8) is 0 Å². The molecule has 2 heterocycles. The van der Waals surface area contributed by atoms with E-state index in [2.05, 4.69) is 99.8 Å². The predicted molar refractivity (Wildman–Crippen MR) is 124 cm³/mol. The highest BCUT2D eigenvalue weighted by Crippen LogP contribution is 2.48. The van der Waals surface area contributed by atoms with Gasteiger partial charge in [-0.1, -0.05) is 82.7 Å². The summed E-state index contributed by atoms with van der Waals surface area (Å²) in [4.78, 5) is 0. The van der Waals surface area contributed by atoms with Crippen LogP contribution in [0.5, 0.6) is 5.75 Å². The van der Waals surface area contributed by atoms with Crippen LogP contribution < -0.4 is 4.74 Å². The third kappa shape index (κ3) is 2.91. The highest BCUT2D eigenvalue weighted by Gasteiger charge is 2.41. The first-order chi connectivity index (χ1) is 14.8. The van der Waals surface area contributed by atoms with Gasteiger partial charge in [-0.25, -0.2) is 5.01 Å². The zero-order valence-electron chi connectivity index (χ0n) is 16.2. The molecule has 2 aliphatic rings. The number of hydrogen-bond donors (Lipinski definition) is 0. The molecule has 0 aliphatic carbocycles. The fourth-order valence-corrected chi connectivity index (χ4v) is 4.82. The van der Waals surface area contributed by atoms with E-state index >= 15 is 0 Å². The van der Waals surface area contributed by atoms with E-state index in [1.54, 1.807) is 0 Å². The summed E-state index contributed by atoms with van der Waals surface area (Å²) in [7, 11) is 0. The molecule has 4 aromatic carbocycles. The Kier molecular flexibility index (Phi) is 4.13. The number of benzene rings is 4. The SMILES string of the molecule is Brc1ccc2c(c1)C1CC(c3ccc4ccccc4c3)=NN1C(c1ccccc1)O2. The number of rotatable bonds is 2. The molecule has 2 atom stereocenters. The van der Waals surface area contributed by atoms with E-state index in [0.29, 0.717) is 0 Å². The molecular weight excluding hydrogens is 436 g/mol. The second kappa shape index (κ2) is 6.99. The summed E-state index contributed by atoms with van der Waals surface area (Å²) in [5.74, 6) is 0.934. The lowest BCUT2D eigenvalue weighted by molar-refractivity contribution is -0.0190. The van der Waals surface area contributed by atoms with Gasteiger partial charge in [-0.15, -0.1) is 0 Å². The van der Waals surface area contributed by atoms with Gasteiger partial charge >= 0.3 is 0 Å². The van der Waals surface area contributed by atoms with E-state index in [-0.39, 0.29) is 12.3 Å². The van der Waals surface area contributed by atoms with Crippen molar-refractivity contribution < 1.29 is 4.74 Å². The molecule has 0 fully saturated rings. The second-order valence-electron chi connectivity index (χ2n) is 7.77. The van der Waals surface area contributed by atoms with Crippen LogP contribution in [0.2, 0.25) is 0 Å². The number of hydrogen-bond acceptors (Lipinski definition) is 3. The lowest BCUT2D eigenvalue weighted by Gasteiger charge is -2.38. The van der Waals surface area contributed by atoms with Crippen LogP contribution in [0.15, 0.2) is 101 Å². The van der Waals surface area contributed by atoms with E-state index in [9.17, 15) is 0 Å². The van der Waals surface area contributed by atoms with Gasteiger partial charge in [0.2, 0.25) is 6.23 Å². The number of fused-ring (bicyclic) bond motifs is 4. The van der Waals surface area contributed by atoms with Crippen molar-refractivity contribution >= 4 is 32.4 Å². The Balaban J connectivity index is 1.46. The van der Waals surface area contributed by atoms with Crippen LogP contribution in [0.25, 0.3) is 10.8 Å². The van der Waals surface area contributed by atoms with Gasteiger partial charge in [0.1, 0.15) is 5.75 Å². The number of hydrazone groups is 1. The fraction of sp³-hybridized carbons (Fsp3) is 0.115. The van der Waals surface area contributed by atoms with Gasteiger partial charge in [-0.2, -0.15) is 5.10 Å². The van der Waals surface area contributed by atoms with Gasteiger partial charge in [0.05, 0.1) is 11.8 Å². The normalized spacial score (nSPS) is 19.8. The monoisotopic (exact) mass is 454 g/mol. The zero-order chi connectivity index (χ0) is 20.1. The summed E-state index contributed by atoms with van der Waals surface area (Å²) >= 11 is 3.62. The number of halogens is 1. The highest BCUT2D eigenvalue weighted by atomic mass is 79.9. The summed E-state index contributed by atoms with van der Waals surface area (Å²) in [6.07, 6.45) is 0.622. The van der Waals surface area contributed by atoms with E-state index in [0.717, 1.165) is 27.9 Å². The van der Waals surface area contributed by atoms with Gasteiger partial charge in [0.15, 0.2) is 0 Å². The van der Waals surface area contributed by atoms with Crippen LogP contribution in [0.1, 0.15) is 35.4 Å². The minimum Gasteiger partial charge on any atom is -0.464 e. The van der Waals surface area contributed by atoms with Gasteiger partial charge in [-0.05, 0) is 40.6 Å². The summed E-state index contributed by atoms with van der Waals surface area (Å²) in [5.41, 5.74) is 4.56. The van der Waals surface area contributed by atoms with Crippen molar-refractivity contribution in [2.75, 3.05) is 0 Å². The van der Waals surface area contributed by atoms with Crippen molar-refractivity contribution in [1.82, 2.24) is 5.01 Å². The topological polar surface area (TPSA) is 24.8 Å². The Morgan fingerprint density at radius 1 is 0.833 bits per heavy atom. The van der Waals surface area contributed by atoms with Gasteiger partial charge in [0.25, 0.3) is 0 Å². The fourth-order valence-electron chi connectivity index (χ4n) is 4.44. The Bertz CT molecular complexity index is 1280. The van der Waals surface area contributed by atoms with Crippen LogP contribution in [-0.4, -0.2) is 10.7 Å². The molecule has 2 aliphatic heterocycles. The van der Waals surface area contributed by atoms with E-state index in [4.69, 9.17) is 9.84 Å². The van der Waals surface area contributed by atoms with E-state index in [1.807, 2.05) is 12.1 Å². The molecule has 0 saturated heterocycles. The van der Waals surface area contributed by atoms with Crippen LogP contribution in [-0.2, 0) is 0 Å². The summed E-state index contributed by atoms with van der Waals surface area (Å²) in [5, 5.41) is 9.70. The molecule has 6 rings (SSSR count). The average molecular weight is 455 g/mol. The van der Waals surface area contributed by atoms with Crippen LogP contribution in [0, 0.1) is 0 Å². The first-order valence-electron chi connectivity index (χ1n) is 10.1. The molecule has 3 nitrogen and oxygen atoms in total. The lowest BCUT2D eigenvalue weighted by atomic mass is 9.95. The standard InChI is InChI=1S/C26H19BrN2O/c27-21-12-13-25-22(15-21)24-16-23(20-11-10-17-6-4-5-9-19(17)14-20)28-29(24)26(30-25)18-7-2-1-3-8-18/h1-15,24,26H,16H2. The molecule has 0 radical (unpaired) electrons. The molecule has 0 bridgehead atoms. The third-order valence-electron chi connectivity index (χ3n) is 5.92. The summed E-state index contributed by atoms with van der Waals surface area (Å²) in [6.45, 7) is 0. The van der Waals surface area contributed by atoms with Gasteiger partial charge in [0, 0.05) is 22.0 Å². The molecule has 4 heteroatoms. The van der Waals surface area contributed by atoms with Crippen LogP contribution in [0.4, 0.5) is 0 Å². The Labute approximate surface area is 183 Å². The second-order valence-corrected chi connectivity index (χ2v) is 8.69. The highest BCUT2D eigenvalue weighted by molar-refractivity contribution is 9.10. The molecule has 30 heavy (non-hydrogen) atoms. The average Bonchev–Trinajstić information content (AvgIpc) is 3.25. The maximum Gasteiger partial charge on any atom is 0.213 e. The van der Waals surface area contributed by atoms with Crippen molar-refractivity contribution in [3.05, 3.63) is 112 Å². The summed E-state index contributed by atoms with van der Waals surface area (Å²) in [6, 6.07) is 31.8. The first kappa shape index (κ1) is 17.7. The lowest BCUT2D eigenvalue weighted by Crippen LogP contribution is -2.33. The minimum absolute atomic E-state index is 0.151. The molecular formula is C26H19BrN2O. The first-order valence-corrected chi connectivity index (χ1v) is 10.9. The van der Waals surface area contributed by atoms with Crippen molar-refractivity contribution in [3.8, 4) is 5.75 Å². The summed E-state index contributed by atoms with van der Waals surface area (Å²) < 4.78 is 7.50. The van der Waals surface area contributed by atoms with E-state index < -0.39 is 0 Å². The van der Waals surface area contributed by atoms with Gasteiger partial charge < -0.3 is 4.74 Å². The minimum atomic E-state index is -0.233. The van der Waals surface area contributed by atoms with Crippen molar-refractivity contribution in [1.29, 1.82) is 0 Å². The number of ether oxygens (including phenoxy) is 1. The van der Waals surface area contributed by atoms with Crippen LogP contribution >= 0.6 is 15.9 Å². The van der Waals surface area contributed by atoms with Crippen LogP contribution in [0.3, 0.4) is 0 Å². The molecule has 0 amide bonds. The molecule has 2 unspecified atom stereocenters. The maximum atomic E-state index is 6.44.